The van der Waals surface area contributed by atoms with Crippen molar-refractivity contribution < 1.29 is 4.79 Å². The predicted molar refractivity (Wildman–Crippen MR) is 40.7 cm³/mol. The largest absolute Gasteiger partial charge is 0.349 e. The topological polar surface area (TPSA) is 20.3 Å². The molecule has 0 aromatic heterocycles. The van der Waals surface area contributed by atoms with Gasteiger partial charge in [-0.1, -0.05) is 6.42 Å². The van der Waals surface area contributed by atoms with Gasteiger partial charge < -0.3 is 4.90 Å². The van der Waals surface area contributed by atoms with E-state index >= 15 is 0 Å². The van der Waals surface area contributed by atoms with Crippen molar-refractivity contribution in [1.29, 1.82) is 0 Å². The molecule has 58 valence electrons. The van der Waals surface area contributed by atoms with Crippen LogP contribution in [0.1, 0.15) is 25.7 Å². The quantitative estimate of drug-likeness (QED) is 0.567. The van der Waals surface area contributed by atoms with E-state index in [-0.39, 0.29) is 5.91 Å². The Balaban J connectivity index is 2.17. The van der Waals surface area contributed by atoms with Gasteiger partial charge in [0.05, 0.1) is 0 Å². The van der Waals surface area contributed by atoms with Gasteiger partial charge in [-0.2, -0.15) is 0 Å². The fourth-order valence-corrected chi connectivity index (χ4v) is 1.13. The Hall–Kier alpha value is -0.530. The molecular formula is C8H15NO. The van der Waals surface area contributed by atoms with Crippen molar-refractivity contribution in [2.24, 2.45) is 5.92 Å². The van der Waals surface area contributed by atoms with Crippen LogP contribution in [0.3, 0.4) is 0 Å². The summed E-state index contributed by atoms with van der Waals surface area (Å²) in [6, 6.07) is 0. The Bertz CT molecular complexity index is 127. The average molecular weight is 141 g/mol. The Labute approximate surface area is 62.2 Å². The third-order valence-corrected chi connectivity index (χ3v) is 2.19. The zero-order valence-electron chi connectivity index (χ0n) is 6.76. The van der Waals surface area contributed by atoms with E-state index in [0.29, 0.717) is 5.92 Å². The summed E-state index contributed by atoms with van der Waals surface area (Å²) < 4.78 is 0. The molecule has 0 N–H and O–H groups in total. The second-order valence-electron chi connectivity index (χ2n) is 3.29. The normalized spacial score (nSPS) is 18.2. The number of amides is 1. The molecule has 2 nitrogen and oxygen atoms in total. The monoisotopic (exact) mass is 141 g/mol. The summed E-state index contributed by atoms with van der Waals surface area (Å²) in [5.41, 5.74) is 0. The van der Waals surface area contributed by atoms with Crippen molar-refractivity contribution in [3.05, 3.63) is 0 Å². The summed E-state index contributed by atoms with van der Waals surface area (Å²) >= 11 is 0. The van der Waals surface area contributed by atoms with Crippen LogP contribution in [0.2, 0.25) is 0 Å². The first-order valence-corrected chi connectivity index (χ1v) is 3.90. The Morgan fingerprint density at radius 3 is 2.40 bits per heavy atom. The van der Waals surface area contributed by atoms with E-state index in [4.69, 9.17) is 0 Å². The number of hydrogen-bond acceptors (Lipinski definition) is 1. The summed E-state index contributed by atoms with van der Waals surface area (Å²) in [5, 5.41) is 0. The highest BCUT2D eigenvalue weighted by atomic mass is 16.2. The van der Waals surface area contributed by atoms with Gasteiger partial charge in [0, 0.05) is 20.5 Å². The highest BCUT2D eigenvalue weighted by molar-refractivity contribution is 5.75. The molecule has 0 aromatic rings. The summed E-state index contributed by atoms with van der Waals surface area (Å²) in [6.07, 6.45) is 4.62. The molecule has 1 rings (SSSR count). The van der Waals surface area contributed by atoms with Gasteiger partial charge in [-0.3, -0.25) is 4.79 Å². The minimum atomic E-state index is 0.282. The third-order valence-electron chi connectivity index (χ3n) is 2.19. The van der Waals surface area contributed by atoms with E-state index in [9.17, 15) is 4.79 Å². The van der Waals surface area contributed by atoms with E-state index in [1.807, 2.05) is 14.1 Å². The van der Waals surface area contributed by atoms with Crippen LogP contribution in [0, 0.1) is 5.92 Å². The Morgan fingerprint density at radius 2 is 2.10 bits per heavy atom. The molecule has 0 heterocycles. The first-order chi connectivity index (χ1) is 4.70. The molecular weight excluding hydrogens is 126 g/mol. The van der Waals surface area contributed by atoms with Gasteiger partial charge in [-0.05, 0) is 18.8 Å². The molecule has 1 aliphatic carbocycles. The van der Waals surface area contributed by atoms with Gasteiger partial charge >= 0.3 is 0 Å². The van der Waals surface area contributed by atoms with Gasteiger partial charge in [-0.25, -0.2) is 0 Å². The molecule has 1 fully saturated rings. The van der Waals surface area contributed by atoms with Crippen molar-refractivity contribution >= 4 is 5.91 Å². The number of carbonyl (C=O) groups is 1. The van der Waals surface area contributed by atoms with Crippen molar-refractivity contribution in [2.75, 3.05) is 14.1 Å². The molecule has 10 heavy (non-hydrogen) atoms. The summed E-state index contributed by atoms with van der Waals surface area (Å²) in [6.45, 7) is 0. The third kappa shape index (κ3) is 1.72. The van der Waals surface area contributed by atoms with Crippen molar-refractivity contribution in [3.8, 4) is 0 Å². The maximum Gasteiger partial charge on any atom is 0.222 e. The van der Waals surface area contributed by atoms with E-state index in [0.717, 1.165) is 6.42 Å². The SMILES string of the molecule is CN(C)C(=O)CC1CCC1. The molecule has 2 heteroatoms. The molecule has 0 spiro atoms. The lowest BCUT2D eigenvalue weighted by Crippen LogP contribution is -2.26. The maximum absolute atomic E-state index is 11.1. The lowest BCUT2D eigenvalue weighted by Gasteiger charge is -2.25. The first kappa shape index (κ1) is 7.58. The summed E-state index contributed by atoms with van der Waals surface area (Å²) in [4.78, 5) is 12.8. The molecule has 0 bridgehead atoms. The lowest BCUT2D eigenvalue weighted by atomic mass is 9.83. The van der Waals surface area contributed by atoms with Crippen LogP contribution in [-0.2, 0) is 4.79 Å². The molecule has 1 saturated carbocycles. The lowest BCUT2D eigenvalue weighted by molar-refractivity contribution is -0.130. The van der Waals surface area contributed by atoms with E-state index in [1.54, 1.807) is 4.90 Å². The van der Waals surface area contributed by atoms with Crippen molar-refractivity contribution in [3.63, 3.8) is 0 Å². The van der Waals surface area contributed by atoms with Gasteiger partial charge in [0.2, 0.25) is 5.91 Å². The molecule has 1 aliphatic rings. The minimum absolute atomic E-state index is 0.282. The van der Waals surface area contributed by atoms with Crippen molar-refractivity contribution in [2.45, 2.75) is 25.7 Å². The van der Waals surface area contributed by atoms with Crippen LogP contribution in [0.25, 0.3) is 0 Å². The molecule has 0 atom stereocenters. The Morgan fingerprint density at radius 1 is 1.50 bits per heavy atom. The summed E-state index contributed by atoms with van der Waals surface area (Å²) in [5.74, 6) is 0.986. The second-order valence-corrected chi connectivity index (χ2v) is 3.29. The molecule has 1 amide bonds. The molecule has 0 radical (unpaired) electrons. The standard InChI is InChI=1S/C8H15NO/c1-9(2)8(10)6-7-4-3-5-7/h7H,3-6H2,1-2H3. The molecule has 0 aliphatic heterocycles. The van der Waals surface area contributed by atoms with Crippen LogP contribution >= 0.6 is 0 Å². The highest BCUT2D eigenvalue weighted by Gasteiger charge is 2.20. The van der Waals surface area contributed by atoms with Crippen LogP contribution in [0.4, 0.5) is 0 Å². The van der Waals surface area contributed by atoms with Gasteiger partial charge in [0.15, 0.2) is 0 Å². The van der Waals surface area contributed by atoms with Crippen LogP contribution in [0.15, 0.2) is 0 Å². The second kappa shape index (κ2) is 3.04. The van der Waals surface area contributed by atoms with Gasteiger partial charge in [-0.15, -0.1) is 0 Å². The minimum Gasteiger partial charge on any atom is -0.349 e. The summed E-state index contributed by atoms with van der Waals surface area (Å²) in [7, 11) is 3.64. The van der Waals surface area contributed by atoms with Crippen LogP contribution < -0.4 is 0 Å². The zero-order chi connectivity index (χ0) is 7.56. The molecule has 0 unspecified atom stereocenters. The fraction of sp³-hybridized carbons (Fsp3) is 0.875. The van der Waals surface area contributed by atoms with E-state index < -0.39 is 0 Å². The number of rotatable bonds is 2. The van der Waals surface area contributed by atoms with E-state index in [2.05, 4.69) is 0 Å². The van der Waals surface area contributed by atoms with Gasteiger partial charge in [0.1, 0.15) is 0 Å². The number of carbonyl (C=O) groups excluding carboxylic acids is 1. The smallest absolute Gasteiger partial charge is 0.222 e. The first-order valence-electron chi connectivity index (χ1n) is 3.90. The Kier molecular flexibility index (Phi) is 2.30. The average Bonchev–Trinajstić information content (AvgIpc) is 1.77. The van der Waals surface area contributed by atoms with E-state index in [1.165, 1.54) is 19.3 Å². The fourth-order valence-electron chi connectivity index (χ4n) is 1.13. The van der Waals surface area contributed by atoms with Crippen LogP contribution in [0.5, 0.6) is 0 Å². The molecule has 0 saturated heterocycles. The van der Waals surface area contributed by atoms with Crippen molar-refractivity contribution in [1.82, 2.24) is 4.90 Å². The zero-order valence-corrected chi connectivity index (χ0v) is 6.76. The van der Waals surface area contributed by atoms with Gasteiger partial charge in [0.25, 0.3) is 0 Å². The number of nitrogens with zero attached hydrogens (tertiary/aromatic N) is 1. The number of hydrogen-bond donors (Lipinski definition) is 0. The predicted octanol–water partition coefficient (Wildman–Crippen LogP) is 1.26. The highest BCUT2D eigenvalue weighted by Crippen LogP contribution is 2.29. The molecule has 0 aromatic carbocycles. The van der Waals surface area contributed by atoms with Crippen LogP contribution in [-0.4, -0.2) is 24.9 Å². The maximum atomic E-state index is 11.1.